The monoisotopic (exact) mass is 1300 g/mol. The maximum absolute atomic E-state index is 14.6. The van der Waals surface area contributed by atoms with Gasteiger partial charge in [0.2, 0.25) is 5.79 Å². The van der Waals surface area contributed by atoms with Crippen LogP contribution in [0.1, 0.15) is 126 Å². The lowest BCUT2D eigenvalue weighted by atomic mass is 9.80. The molecule has 0 aromatic carbocycles. The minimum Gasteiger partial charge on any atom is -0.465 e. The molecule has 4 rings (SSSR count). The molecule has 1 saturated carbocycles. The first-order valence-electron chi connectivity index (χ1n) is 32.5. The van der Waals surface area contributed by atoms with E-state index in [-0.39, 0.29) is 54.5 Å². The summed E-state index contributed by atoms with van der Waals surface area (Å²) in [4.78, 5) is 72.3. The highest BCUT2D eigenvalue weighted by molar-refractivity contribution is 7.80. The van der Waals surface area contributed by atoms with Crippen molar-refractivity contribution >= 4 is 46.6 Å². The zero-order valence-electron chi connectivity index (χ0n) is 55.1. The number of nitrogens with zero attached hydrogens (tertiary/aromatic N) is 1. The van der Waals surface area contributed by atoms with Gasteiger partial charge in [0, 0.05) is 70.6 Å². The molecule has 24 heteroatoms. The number of ketones is 3. The zero-order chi connectivity index (χ0) is 66.0. The van der Waals surface area contributed by atoms with Crippen LogP contribution in [0.25, 0.3) is 0 Å². The molecule has 2 saturated heterocycles. The van der Waals surface area contributed by atoms with Crippen LogP contribution in [0, 0.1) is 29.6 Å². The number of Topliss-reactive ketones (excluding diaryl/α,β-unsaturated/α-hetero) is 3. The Bertz CT molecular complexity index is 2290. The summed E-state index contributed by atoms with van der Waals surface area (Å²) in [6.07, 6.45) is 8.64. The quantitative estimate of drug-likeness (QED) is 0.0220. The molecule has 0 radical (unpaired) electrons. The van der Waals surface area contributed by atoms with Crippen molar-refractivity contribution in [3.63, 3.8) is 0 Å². The number of ether oxygens (including phenoxy) is 12. The van der Waals surface area contributed by atoms with Gasteiger partial charge in [-0.2, -0.15) is 0 Å². The van der Waals surface area contributed by atoms with E-state index >= 15 is 0 Å². The molecule has 2 bridgehead atoms. The SMILES string of the molecule is CCOCCOCCOCCOCCOCCOCCOCCNC(=S)O[C@@H]1CC[C@@H](C[C@@H](N)[C@@H]2CC(=O)[C@H](C)/C=C(\C)[C@@H](O)[C@@H](O)C(=O)[C@H](C)C[C@H](C)/C=C/C=C/C=C(\C)[C@@H](OC)C[C@@H]3CC[C@@H](C)[C@@](O)(O3)C(=O)C(=O)N3CCCC[C@H]3C(=O)O2)C[C@H]1OC. The number of amides is 1. The third kappa shape index (κ3) is 27.2. The number of hydrogen-bond donors (Lipinski definition) is 5. The van der Waals surface area contributed by atoms with Crippen LogP contribution < -0.4 is 11.1 Å². The summed E-state index contributed by atoms with van der Waals surface area (Å²) in [6.45, 7) is 19.3. The van der Waals surface area contributed by atoms with Crippen molar-refractivity contribution in [2.75, 3.05) is 120 Å². The molecule has 0 aromatic heterocycles. The number of nitrogens with two attached hydrogens (primary N) is 1. The van der Waals surface area contributed by atoms with Crippen LogP contribution in [0.3, 0.4) is 0 Å². The number of cyclic esters (lactones) is 1. The van der Waals surface area contributed by atoms with Gasteiger partial charge in [-0.25, -0.2) is 4.79 Å². The fourth-order valence-electron chi connectivity index (χ4n) is 11.7. The van der Waals surface area contributed by atoms with E-state index in [9.17, 15) is 39.3 Å². The second-order valence-corrected chi connectivity index (χ2v) is 24.6. The highest BCUT2D eigenvalue weighted by Crippen LogP contribution is 2.37. The number of aliphatic hydroxyl groups is 3. The third-order valence-corrected chi connectivity index (χ3v) is 17.4. The highest BCUT2D eigenvalue weighted by Gasteiger charge is 2.53. The van der Waals surface area contributed by atoms with Crippen LogP contribution in [0.4, 0.5) is 0 Å². The van der Waals surface area contributed by atoms with Crippen molar-refractivity contribution in [3.05, 3.63) is 47.6 Å². The van der Waals surface area contributed by atoms with Gasteiger partial charge in [0.25, 0.3) is 16.9 Å². The number of esters is 1. The number of aliphatic hydroxyl groups excluding tert-OH is 2. The highest BCUT2D eigenvalue weighted by atomic mass is 32.1. The van der Waals surface area contributed by atoms with Crippen LogP contribution in [0.15, 0.2) is 47.6 Å². The average Bonchev–Trinajstić information content (AvgIpc) is 0.874. The Morgan fingerprint density at radius 3 is 1.94 bits per heavy atom. The van der Waals surface area contributed by atoms with E-state index in [1.165, 1.54) is 13.0 Å². The summed E-state index contributed by atoms with van der Waals surface area (Å²) in [7, 11) is 3.14. The van der Waals surface area contributed by atoms with E-state index in [0.29, 0.717) is 157 Å². The minimum atomic E-state index is -2.49. The summed E-state index contributed by atoms with van der Waals surface area (Å²) < 4.78 is 68.8. The van der Waals surface area contributed by atoms with Crippen molar-refractivity contribution in [2.24, 2.45) is 35.3 Å². The summed E-state index contributed by atoms with van der Waals surface area (Å²) in [5.74, 6) is -8.97. The van der Waals surface area contributed by atoms with Crippen molar-refractivity contribution < 1.29 is 96.1 Å². The number of carbonyl (C=O) groups is 5. The first-order valence-corrected chi connectivity index (χ1v) is 32.9. The molecule has 1 amide bonds. The van der Waals surface area contributed by atoms with E-state index in [1.807, 2.05) is 51.2 Å². The molecule has 3 fully saturated rings. The third-order valence-electron chi connectivity index (χ3n) is 17.2. The fourth-order valence-corrected chi connectivity index (χ4v) is 11.9. The molecule has 0 unspecified atom stereocenters. The van der Waals surface area contributed by atoms with Crippen LogP contribution >= 0.6 is 12.2 Å². The van der Waals surface area contributed by atoms with E-state index in [0.717, 1.165) is 10.5 Å². The lowest BCUT2D eigenvalue weighted by Crippen LogP contribution is -2.61. The maximum atomic E-state index is 14.6. The molecule has 0 aromatic rings. The number of carbonyl (C=O) groups excluding carboxylic acids is 5. The fraction of sp³-hybridized carbons (Fsp3) is 0.788. The largest absolute Gasteiger partial charge is 0.465 e. The maximum Gasteiger partial charge on any atom is 0.329 e. The van der Waals surface area contributed by atoms with Crippen molar-refractivity contribution in [2.45, 2.75) is 186 Å². The molecule has 514 valence electrons. The van der Waals surface area contributed by atoms with Crippen molar-refractivity contribution in [3.8, 4) is 0 Å². The van der Waals surface area contributed by atoms with Gasteiger partial charge in [-0.05, 0) is 120 Å². The Hall–Kier alpha value is -3.96. The lowest BCUT2D eigenvalue weighted by molar-refractivity contribution is -0.265. The lowest BCUT2D eigenvalue weighted by Gasteiger charge is -2.42. The van der Waals surface area contributed by atoms with Gasteiger partial charge in [0.05, 0.1) is 104 Å². The molecule has 90 heavy (non-hydrogen) atoms. The number of nitrogens with one attached hydrogen (secondary N) is 1. The zero-order valence-corrected chi connectivity index (χ0v) is 55.9. The molecule has 1 aliphatic carbocycles. The summed E-state index contributed by atoms with van der Waals surface area (Å²) in [5.41, 5.74) is 8.06. The predicted molar refractivity (Wildman–Crippen MR) is 340 cm³/mol. The van der Waals surface area contributed by atoms with Gasteiger partial charge >= 0.3 is 5.97 Å². The second kappa shape index (κ2) is 43.1. The van der Waals surface area contributed by atoms with Gasteiger partial charge < -0.3 is 88.1 Å². The van der Waals surface area contributed by atoms with E-state index in [1.54, 1.807) is 35.0 Å². The van der Waals surface area contributed by atoms with Crippen LogP contribution in [-0.2, 0) is 80.8 Å². The van der Waals surface area contributed by atoms with Crippen LogP contribution in [0.2, 0.25) is 0 Å². The Balaban J connectivity index is 1.37. The molecule has 3 aliphatic heterocycles. The number of hydrogen-bond acceptors (Lipinski definition) is 22. The Morgan fingerprint density at radius 1 is 0.733 bits per heavy atom. The molecule has 6 N–H and O–H groups in total. The van der Waals surface area contributed by atoms with E-state index in [2.05, 4.69) is 5.32 Å². The first-order chi connectivity index (χ1) is 43.1. The summed E-state index contributed by atoms with van der Waals surface area (Å²) >= 11 is 5.54. The number of allylic oxidation sites excluding steroid dienone is 6. The Morgan fingerprint density at radius 2 is 1.34 bits per heavy atom. The van der Waals surface area contributed by atoms with Gasteiger partial charge in [-0.1, -0.05) is 64.2 Å². The molecular weight excluding hydrogens is 1190 g/mol. The second-order valence-electron chi connectivity index (χ2n) is 24.2. The number of thiocarbonyl (C=S) groups is 1. The smallest absolute Gasteiger partial charge is 0.329 e. The molecule has 23 nitrogen and oxygen atoms in total. The van der Waals surface area contributed by atoms with Crippen LogP contribution in [0.5, 0.6) is 0 Å². The average molecular weight is 1300 g/mol. The number of methoxy groups -OCH3 is 2. The summed E-state index contributed by atoms with van der Waals surface area (Å²) in [5, 5.41) is 37.7. The van der Waals surface area contributed by atoms with Crippen molar-refractivity contribution in [1.82, 2.24) is 10.2 Å². The molecule has 0 spiro atoms. The first kappa shape index (κ1) is 78.5. The van der Waals surface area contributed by atoms with Crippen molar-refractivity contribution in [1.29, 1.82) is 0 Å². The number of rotatable bonds is 28. The Kier molecular flexibility index (Phi) is 37.6. The van der Waals surface area contributed by atoms with Gasteiger partial charge in [-0.3, -0.25) is 19.2 Å². The summed E-state index contributed by atoms with van der Waals surface area (Å²) in [6, 6.07) is -2.15. The molecule has 3 heterocycles. The van der Waals surface area contributed by atoms with Crippen LogP contribution in [-0.4, -0.2) is 235 Å². The number of piperidine rings is 1. The van der Waals surface area contributed by atoms with Gasteiger partial charge in [0.15, 0.2) is 5.78 Å². The van der Waals surface area contributed by atoms with E-state index in [4.69, 9.17) is 74.8 Å². The number of fused-ring (bicyclic) bond motifs is 3. The predicted octanol–water partition coefficient (Wildman–Crippen LogP) is 5.25. The van der Waals surface area contributed by atoms with E-state index < -0.39 is 101 Å². The Labute approximate surface area is 539 Å². The normalized spacial score (nSPS) is 32.4. The van der Waals surface area contributed by atoms with Gasteiger partial charge in [0.1, 0.15) is 36.2 Å². The molecule has 4 aliphatic rings. The van der Waals surface area contributed by atoms with Gasteiger partial charge in [-0.15, -0.1) is 0 Å². The standard InChI is InChI=1S/C66H109N3O20S/c1-10-80-26-27-82-30-31-84-34-35-86-37-36-85-33-32-83-29-28-81-25-23-68-65(90)88-55-22-20-50(41-58(55)79-9)40-52(67)57-43-54(70)46(4)39-48(6)60(72)61(73)59(71)47(5)38-44(2)16-12-11-13-17-45(3)56(78-8)42-51-21-19-49(7)66(77,89-51)62(74)63(75)69-24-15-14-18-53(69)64(76)87-57/h11-13,16-17,39,44,46-47,49-53,55-58,60-61,72-73,77H,10,14-15,18-38,40-43,67H2,1-9H3,(H,68,90)/b13-11+,16-12+,45-17+,48-39+/t44-,46-,47-,49-,50+,51+,52-,53+,55-,56+,57+,58-,60-,61+,66-/m1/s1. The minimum absolute atomic E-state index is 0.0232. The molecular formula is C66H109N3O20S. The molecule has 15 atom stereocenters. The topological polar surface area (TPSA) is 298 Å².